The van der Waals surface area contributed by atoms with E-state index in [1.807, 2.05) is 0 Å². The number of carbonyl (C=O) groups is 7. The Bertz CT molecular complexity index is 820. The van der Waals surface area contributed by atoms with Gasteiger partial charge in [-0.3, -0.25) is 19.2 Å². The minimum absolute atomic E-state index is 0.00948. The van der Waals surface area contributed by atoms with E-state index in [-0.39, 0.29) is 25.9 Å². The summed E-state index contributed by atoms with van der Waals surface area (Å²) in [6.07, 6.45) is -8.80. The fraction of sp³-hybridized carbons (Fsp3) is 0.611. The van der Waals surface area contributed by atoms with Crippen molar-refractivity contribution >= 4 is 41.7 Å². The molecule has 0 aromatic heterocycles. The van der Waals surface area contributed by atoms with Gasteiger partial charge in [0.05, 0.1) is 25.7 Å². The standard InChI is InChI=1S/C16H24N2O12.C2HF3O2/c19-9(5-15(29,13(25)26)7-11(21)22)17-3-1-2-4-18-10(20)6-16(30,14(27)28)8-12(23)24;3-2(4,5)1(6)7/h29-30H,1-8H2,(H,17,19)(H,18,20)(H,21,22)(H,23,24)(H,25,26)(H,27,28);(H,6,7). The van der Waals surface area contributed by atoms with Crippen LogP contribution in [0.15, 0.2) is 0 Å². The molecule has 0 aromatic carbocycles. The zero-order valence-corrected chi connectivity index (χ0v) is 18.8. The maximum absolute atomic E-state index is 11.7. The normalized spacial score (nSPS) is 14.0. The van der Waals surface area contributed by atoms with E-state index < -0.39 is 84.7 Å². The lowest BCUT2D eigenvalue weighted by molar-refractivity contribution is -0.192. The van der Waals surface area contributed by atoms with Crippen LogP contribution in [-0.2, 0) is 33.6 Å². The van der Waals surface area contributed by atoms with Crippen molar-refractivity contribution in [1.29, 1.82) is 0 Å². The average Bonchev–Trinajstić information content (AvgIpc) is 2.68. The van der Waals surface area contributed by atoms with Gasteiger partial charge in [-0.15, -0.1) is 0 Å². The molecule has 0 saturated carbocycles. The second-order valence-electron chi connectivity index (χ2n) is 7.38. The monoisotopic (exact) mass is 550 g/mol. The highest BCUT2D eigenvalue weighted by Crippen LogP contribution is 2.17. The van der Waals surface area contributed by atoms with Gasteiger partial charge < -0.3 is 46.4 Å². The minimum Gasteiger partial charge on any atom is -0.481 e. The number of hydrogen-bond donors (Lipinski definition) is 9. The first kappa shape index (κ1) is 35.2. The van der Waals surface area contributed by atoms with Crippen LogP contribution >= 0.6 is 0 Å². The highest BCUT2D eigenvalue weighted by molar-refractivity contribution is 5.91. The number of alkyl halides is 3. The molecule has 2 amide bonds. The van der Waals surface area contributed by atoms with Crippen molar-refractivity contribution in [2.24, 2.45) is 0 Å². The molecule has 0 bridgehead atoms. The minimum atomic E-state index is -5.08. The van der Waals surface area contributed by atoms with Crippen LogP contribution < -0.4 is 10.6 Å². The fourth-order valence-corrected chi connectivity index (χ4v) is 2.29. The number of carbonyl (C=O) groups excluding carboxylic acids is 2. The van der Waals surface area contributed by atoms with E-state index in [9.17, 15) is 52.2 Å². The lowest BCUT2D eigenvalue weighted by Crippen LogP contribution is -2.45. The molecule has 2 atom stereocenters. The Morgan fingerprint density at radius 1 is 0.541 bits per heavy atom. The van der Waals surface area contributed by atoms with Crippen molar-refractivity contribution in [1.82, 2.24) is 10.6 Å². The lowest BCUT2D eigenvalue weighted by atomic mass is 9.95. The summed E-state index contributed by atoms with van der Waals surface area (Å²) in [4.78, 5) is 75.3. The number of nitrogens with one attached hydrogen (secondary N) is 2. The smallest absolute Gasteiger partial charge is 0.481 e. The number of rotatable bonds is 15. The average molecular weight is 550 g/mol. The van der Waals surface area contributed by atoms with Crippen LogP contribution in [0.4, 0.5) is 13.2 Å². The summed E-state index contributed by atoms with van der Waals surface area (Å²) in [5.74, 6) is -11.5. The summed E-state index contributed by atoms with van der Waals surface area (Å²) >= 11 is 0. The molecule has 212 valence electrons. The number of aliphatic carboxylic acids is 5. The molecule has 0 heterocycles. The molecule has 0 spiro atoms. The molecule has 0 saturated heterocycles. The van der Waals surface area contributed by atoms with Gasteiger partial charge in [0.1, 0.15) is 0 Å². The molecule has 0 aliphatic carbocycles. The fourth-order valence-electron chi connectivity index (χ4n) is 2.29. The predicted molar refractivity (Wildman–Crippen MR) is 108 cm³/mol. The van der Waals surface area contributed by atoms with Gasteiger partial charge in [0, 0.05) is 13.1 Å². The van der Waals surface area contributed by atoms with Gasteiger partial charge in [-0.05, 0) is 12.8 Å². The second-order valence-corrected chi connectivity index (χ2v) is 7.38. The predicted octanol–water partition coefficient (Wildman–Crippen LogP) is -2.01. The number of aliphatic hydroxyl groups is 2. The number of unbranched alkanes of at least 4 members (excludes halogenated alkanes) is 1. The quantitative estimate of drug-likeness (QED) is 0.0997. The van der Waals surface area contributed by atoms with Crippen LogP contribution in [0.2, 0.25) is 0 Å². The second kappa shape index (κ2) is 15.2. The summed E-state index contributed by atoms with van der Waals surface area (Å²) in [5.41, 5.74) is -5.50. The maximum atomic E-state index is 11.7. The van der Waals surface area contributed by atoms with Crippen LogP contribution in [0.3, 0.4) is 0 Å². The van der Waals surface area contributed by atoms with E-state index in [2.05, 4.69) is 10.6 Å². The Kier molecular flexibility index (Phi) is 14.4. The van der Waals surface area contributed by atoms with Crippen molar-refractivity contribution in [3.8, 4) is 0 Å². The third kappa shape index (κ3) is 15.6. The zero-order valence-electron chi connectivity index (χ0n) is 18.8. The number of amides is 2. The van der Waals surface area contributed by atoms with Crippen LogP contribution in [0.25, 0.3) is 0 Å². The first-order chi connectivity index (χ1) is 16.7. The first-order valence-corrected chi connectivity index (χ1v) is 9.85. The summed E-state index contributed by atoms with van der Waals surface area (Å²) in [6.45, 7) is 0.0190. The van der Waals surface area contributed by atoms with Gasteiger partial charge >= 0.3 is 36.0 Å². The number of carboxylic acids is 5. The molecule has 2 unspecified atom stereocenters. The molecule has 0 aromatic rings. The summed E-state index contributed by atoms with van der Waals surface area (Å²) < 4.78 is 31.7. The summed E-state index contributed by atoms with van der Waals surface area (Å²) in [7, 11) is 0. The van der Waals surface area contributed by atoms with E-state index >= 15 is 0 Å². The highest BCUT2D eigenvalue weighted by atomic mass is 19.4. The third-order valence-corrected chi connectivity index (χ3v) is 4.08. The Balaban J connectivity index is 0. The first-order valence-electron chi connectivity index (χ1n) is 9.85. The molecule has 37 heavy (non-hydrogen) atoms. The van der Waals surface area contributed by atoms with E-state index in [0.29, 0.717) is 0 Å². The van der Waals surface area contributed by atoms with E-state index in [1.165, 1.54) is 0 Å². The number of hydrogen-bond acceptors (Lipinski definition) is 9. The van der Waals surface area contributed by atoms with Crippen molar-refractivity contribution in [3.63, 3.8) is 0 Å². The molecule has 0 radical (unpaired) electrons. The van der Waals surface area contributed by atoms with Gasteiger partial charge in [0.2, 0.25) is 11.8 Å². The Morgan fingerprint density at radius 3 is 1.00 bits per heavy atom. The zero-order chi connectivity index (χ0) is 29.6. The molecule has 0 aliphatic heterocycles. The van der Waals surface area contributed by atoms with E-state index in [4.69, 9.17) is 30.3 Å². The van der Waals surface area contributed by atoms with Gasteiger partial charge in [-0.1, -0.05) is 0 Å². The van der Waals surface area contributed by atoms with Crippen molar-refractivity contribution < 1.29 is 82.5 Å². The molecular weight excluding hydrogens is 525 g/mol. The van der Waals surface area contributed by atoms with E-state index in [0.717, 1.165) is 0 Å². The maximum Gasteiger partial charge on any atom is 0.490 e. The number of carboxylic acid groups (broad SMARTS) is 5. The van der Waals surface area contributed by atoms with Gasteiger partial charge in [0.25, 0.3) is 0 Å². The topological polar surface area (TPSA) is 285 Å². The molecular formula is C18H25F3N2O14. The Hall–Kier alpha value is -4.00. The molecule has 16 nitrogen and oxygen atoms in total. The van der Waals surface area contributed by atoms with Gasteiger partial charge in [0.15, 0.2) is 11.2 Å². The van der Waals surface area contributed by atoms with Crippen LogP contribution in [0.1, 0.15) is 38.5 Å². The van der Waals surface area contributed by atoms with Crippen molar-refractivity contribution in [3.05, 3.63) is 0 Å². The Morgan fingerprint density at radius 2 is 0.811 bits per heavy atom. The SMILES string of the molecule is O=C(O)C(F)(F)F.O=C(O)CC(O)(CC(=O)NCCCCNC(=O)CC(O)(CC(=O)O)C(=O)O)C(=O)O. The van der Waals surface area contributed by atoms with Crippen LogP contribution in [-0.4, -0.2) is 108 Å². The molecule has 0 rings (SSSR count). The van der Waals surface area contributed by atoms with Crippen LogP contribution in [0.5, 0.6) is 0 Å². The summed E-state index contributed by atoms with van der Waals surface area (Å²) in [5, 5.41) is 66.1. The Labute approximate surface area is 204 Å². The lowest BCUT2D eigenvalue weighted by Gasteiger charge is -2.21. The molecule has 0 aliphatic rings. The van der Waals surface area contributed by atoms with E-state index in [1.54, 1.807) is 0 Å². The van der Waals surface area contributed by atoms with Crippen molar-refractivity contribution in [2.75, 3.05) is 13.1 Å². The number of halogens is 3. The largest absolute Gasteiger partial charge is 0.490 e. The van der Waals surface area contributed by atoms with Gasteiger partial charge in [-0.25, -0.2) is 14.4 Å². The van der Waals surface area contributed by atoms with Crippen molar-refractivity contribution in [2.45, 2.75) is 55.9 Å². The van der Waals surface area contributed by atoms with Gasteiger partial charge in [-0.2, -0.15) is 13.2 Å². The molecule has 9 N–H and O–H groups in total. The summed E-state index contributed by atoms with van der Waals surface area (Å²) in [6, 6.07) is 0. The molecule has 0 fully saturated rings. The molecule has 19 heteroatoms. The third-order valence-electron chi connectivity index (χ3n) is 4.08. The van der Waals surface area contributed by atoms with Crippen LogP contribution in [0, 0.1) is 0 Å². The highest BCUT2D eigenvalue weighted by Gasteiger charge is 2.41.